The van der Waals surface area contributed by atoms with Crippen LogP contribution in [0.3, 0.4) is 0 Å². The smallest absolute Gasteiger partial charge is 0.0406 e. The number of likely N-dealkylation sites (N-methyl/N-ethyl adjacent to an activating group) is 1. The first-order chi connectivity index (χ1) is 13.0. The maximum atomic E-state index is 6.20. The Morgan fingerprint density at radius 1 is 1.00 bits per heavy atom. The largest absolute Gasteiger partial charge is 0.304 e. The van der Waals surface area contributed by atoms with Crippen LogP contribution in [0.15, 0.2) is 24.3 Å². The molecule has 0 spiro atoms. The molecule has 4 aliphatic carbocycles. The van der Waals surface area contributed by atoms with Crippen LogP contribution in [0.2, 0.25) is 5.02 Å². The molecule has 1 aromatic rings. The van der Waals surface area contributed by atoms with E-state index in [1.807, 2.05) is 0 Å². The Morgan fingerprint density at radius 2 is 1.63 bits per heavy atom. The minimum absolute atomic E-state index is 0.396. The van der Waals surface area contributed by atoms with E-state index in [9.17, 15) is 0 Å². The van der Waals surface area contributed by atoms with Gasteiger partial charge in [-0.2, -0.15) is 0 Å². The third-order valence-electron chi connectivity index (χ3n) is 8.36. The van der Waals surface area contributed by atoms with Crippen molar-refractivity contribution in [1.82, 2.24) is 15.3 Å². The van der Waals surface area contributed by atoms with Gasteiger partial charge in [-0.25, -0.2) is 5.01 Å². The molecule has 6 rings (SSSR count). The molecule has 0 radical (unpaired) electrons. The van der Waals surface area contributed by atoms with Gasteiger partial charge in [-0.15, -0.1) is 0 Å². The zero-order valence-corrected chi connectivity index (χ0v) is 17.6. The number of halogens is 1. The highest BCUT2D eigenvalue weighted by Crippen LogP contribution is 2.66. The summed E-state index contributed by atoms with van der Waals surface area (Å²) in [5.74, 6) is 1.83. The number of hydrogen-bond acceptors (Lipinski definition) is 3. The zero-order valence-electron chi connectivity index (χ0n) is 16.9. The van der Waals surface area contributed by atoms with Gasteiger partial charge in [0.2, 0.25) is 0 Å². The molecule has 1 N–H and O–H groups in total. The van der Waals surface area contributed by atoms with Crippen molar-refractivity contribution in [2.24, 2.45) is 17.3 Å². The molecule has 4 saturated carbocycles. The molecular weight excluding hydrogens is 354 g/mol. The summed E-state index contributed by atoms with van der Waals surface area (Å²) < 4.78 is 0. The number of piperazine rings is 1. The molecule has 3 unspecified atom stereocenters. The summed E-state index contributed by atoms with van der Waals surface area (Å²) in [7, 11) is 2.23. The van der Waals surface area contributed by atoms with Crippen molar-refractivity contribution >= 4 is 11.6 Å². The van der Waals surface area contributed by atoms with Crippen LogP contribution in [0.1, 0.15) is 51.0 Å². The quantitative estimate of drug-likeness (QED) is 0.830. The molecular formula is C23H34ClN3. The van der Waals surface area contributed by atoms with Crippen LogP contribution in [0.5, 0.6) is 0 Å². The first-order valence-corrected chi connectivity index (χ1v) is 11.3. The first kappa shape index (κ1) is 18.4. The number of hydrogen-bond donors (Lipinski definition) is 1. The number of rotatable bonds is 4. The molecule has 3 atom stereocenters. The average Bonchev–Trinajstić information content (AvgIpc) is 2.63. The van der Waals surface area contributed by atoms with Gasteiger partial charge in [0.1, 0.15) is 0 Å². The Morgan fingerprint density at radius 3 is 2.26 bits per heavy atom. The van der Waals surface area contributed by atoms with E-state index < -0.39 is 0 Å². The third-order valence-corrected chi connectivity index (χ3v) is 8.61. The van der Waals surface area contributed by atoms with Crippen molar-refractivity contribution in [3.05, 3.63) is 34.9 Å². The van der Waals surface area contributed by atoms with Crippen molar-refractivity contribution in [2.45, 2.75) is 56.9 Å². The maximum absolute atomic E-state index is 6.20. The van der Waals surface area contributed by atoms with Crippen LogP contribution in [0.4, 0.5) is 0 Å². The predicted octanol–water partition coefficient (Wildman–Crippen LogP) is 4.32. The van der Waals surface area contributed by atoms with E-state index in [2.05, 4.69) is 53.6 Å². The number of benzene rings is 1. The van der Waals surface area contributed by atoms with E-state index in [0.717, 1.165) is 29.9 Å². The minimum atomic E-state index is 0.396. The van der Waals surface area contributed by atoms with E-state index in [1.54, 1.807) is 5.56 Å². The number of hydrazine groups is 1. The SMILES string of the molecule is CC(NN1CCN(C)CC1)C12CC3CC(CC(c4ccc(Cl)cc4)(C3)C1)C2. The molecule has 4 bridgehead atoms. The van der Waals surface area contributed by atoms with Crippen LogP contribution in [-0.2, 0) is 5.41 Å². The van der Waals surface area contributed by atoms with E-state index >= 15 is 0 Å². The lowest BCUT2D eigenvalue weighted by atomic mass is 9.41. The summed E-state index contributed by atoms with van der Waals surface area (Å²) in [5.41, 5.74) is 6.37. The zero-order chi connectivity index (χ0) is 18.6. The summed E-state index contributed by atoms with van der Waals surface area (Å²) in [5, 5.41) is 3.36. The van der Waals surface area contributed by atoms with E-state index in [1.165, 1.54) is 51.6 Å². The van der Waals surface area contributed by atoms with Crippen molar-refractivity contribution < 1.29 is 0 Å². The number of nitrogens with zero attached hydrogens (tertiary/aromatic N) is 2. The molecule has 0 aromatic heterocycles. The lowest BCUT2D eigenvalue weighted by molar-refractivity contribution is -0.101. The van der Waals surface area contributed by atoms with Crippen LogP contribution in [0, 0.1) is 17.3 Å². The normalized spacial score (nSPS) is 40.4. The Hall–Kier alpha value is -0.610. The third kappa shape index (κ3) is 3.25. The van der Waals surface area contributed by atoms with Crippen LogP contribution >= 0.6 is 11.6 Å². The molecule has 5 fully saturated rings. The van der Waals surface area contributed by atoms with Gasteiger partial charge >= 0.3 is 0 Å². The fraction of sp³-hybridized carbons (Fsp3) is 0.739. The van der Waals surface area contributed by atoms with Crippen LogP contribution in [-0.4, -0.2) is 49.2 Å². The maximum Gasteiger partial charge on any atom is 0.0406 e. The Labute approximate surface area is 169 Å². The highest BCUT2D eigenvalue weighted by atomic mass is 35.5. The Bertz CT molecular complexity index is 665. The van der Waals surface area contributed by atoms with E-state index in [-0.39, 0.29) is 0 Å². The van der Waals surface area contributed by atoms with E-state index in [4.69, 9.17) is 11.6 Å². The lowest BCUT2D eigenvalue weighted by Crippen LogP contribution is -2.63. The van der Waals surface area contributed by atoms with Gasteiger partial charge in [-0.1, -0.05) is 23.7 Å². The predicted molar refractivity (Wildman–Crippen MR) is 112 cm³/mol. The molecule has 1 heterocycles. The van der Waals surface area contributed by atoms with Gasteiger partial charge in [0.15, 0.2) is 0 Å². The van der Waals surface area contributed by atoms with Crippen molar-refractivity contribution in [3.8, 4) is 0 Å². The van der Waals surface area contributed by atoms with Crippen molar-refractivity contribution in [2.75, 3.05) is 33.2 Å². The summed E-state index contributed by atoms with van der Waals surface area (Å²) >= 11 is 6.20. The van der Waals surface area contributed by atoms with Gasteiger partial charge in [0.05, 0.1) is 0 Å². The molecule has 0 amide bonds. The average molecular weight is 388 g/mol. The fourth-order valence-electron chi connectivity index (χ4n) is 7.33. The van der Waals surface area contributed by atoms with Crippen LogP contribution in [0.25, 0.3) is 0 Å². The second-order valence-corrected chi connectivity index (χ2v) is 10.7. The summed E-state index contributed by atoms with van der Waals surface area (Å²) in [6, 6.07) is 9.42. The lowest BCUT2D eigenvalue weighted by Gasteiger charge is -2.64. The van der Waals surface area contributed by atoms with E-state index in [0.29, 0.717) is 16.9 Å². The molecule has 1 saturated heterocycles. The molecule has 5 aliphatic rings. The fourth-order valence-corrected chi connectivity index (χ4v) is 7.45. The molecule has 1 aliphatic heterocycles. The van der Waals surface area contributed by atoms with Crippen LogP contribution < -0.4 is 5.43 Å². The Balaban J connectivity index is 1.38. The summed E-state index contributed by atoms with van der Waals surface area (Å²) in [6.45, 7) is 7.11. The highest BCUT2D eigenvalue weighted by Gasteiger charge is 2.59. The molecule has 148 valence electrons. The monoisotopic (exact) mass is 387 g/mol. The van der Waals surface area contributed by atoms with Gasteiger partial charge < -0.3 is 4.90 Å². The second-order valence-electron chi connectivity index (χ2n) is 10.3. The molecule has 4 heteroatoms. The second kappa shape index (κ2) is 6.73. The standard InChI is InChI=1S/C23H34ClN3/c1-17(25-27-9-7-26(2)8-10-27)22-12-18-11-19(13-22)15-23(14-18,16-22)20-3-5-21(24)6-4-20/h3-6,17-19,25H,7-16H2,1-2H3. The van der Waals surface area contributed by atoms with Gasteiger partial charge in [-0.05, 0) is 92.9 Å². The summed E-state index contributed by atoms with van der Waals surface area (Å²) in [6.07, 6.45) is 8.48. The van der Waals surface area contributed by atoms with Gasteiger partial charge in [0, 0.05) is 37.2 Å². The van der Waals surface area contributed by atoms with Gasteiger partial charge in [-0.3, -0.25) is 5.43 Å². The molecule has 27 heavy (non-hydrogen) atoms. The van der Waals surface area contributed by atoms with Gasteiger partial charge in [0.25, 0.3) is 0 Å². The van der Waals surface area contributed by atoms with Crippen molar-refractivity contribution in [3.63, 3.8) is 0 Å². The molecule has 1 aromatic carbocycles. The summed E-state index contributed by atoms with van der Waals surface area (Å²) in [4.78, 5) is 2.43. The Kier molecular flexibility index (Phi) is 4.59. The van der Waals surface area contributed by atoms with Crippen molar-refractivity contribution in [1.29, 1.82) is 0 Å². The minimum Gasteiger partial charge on any atom is -0.304 e. The molecule has 3 nitrogen and oxygen atoms in total. The first-order valence-electron chi connectivity index (χ1n) is 10.9. The number of nitrogens with one attached hydrogen (secondary N) is 1. The topological polar surface area (TPSA) is 18.5 Å². The highest BCUT2D eigenvalue weighted by molar-refractivity contribution is 6.30.